The first kappa shape index (κ1) is 23.9. The number of carboxylic acids is 1. The van der Waals surface area contributed by atoms with Crippen LogP contribution in [0.2, 0.25) is 0 Å². The van der Waals surface area contributed by atoms with E-state index in [1.807, 2.05) is 48.5 Å². The van der Waals surface area contributed by atoms with Crippen LogP contribution in [0.25, 0.3) is 11.1 Å². The first-order valence-corrected chi connectivity index (χ1v) is 10.3. The predicted octanol–water partition coefficient (Wildman–Crippen LogP) is 4.78. The van der Waals surface area contributed by atoms with Crippen molar-refractivity contribution in [3.05, 3.63) is 77.7 Å². The van der Waals surface area contributed by atoms with Gasteiger partial charge >= 0.3 is 18.2 Å². The number of alkyl halides is 3. The molecule has 1 atom stereocenters. The summed E-state index contributed by atoms with van der Waals surface area (Å²) in [5.41, 5.74) is 0.149. The number of rotatable bonds is 6. The van der Waals surface area contributed by atoms with Crippen LogP contribution in [-0.4, -0.2) is 41.4 Å². The molecular weight excluding hydrogens is 469 g/mol. The van der Waals surface area contributed by atoms with Gasteiger partial charge in [-0.1, -0.05) is 48.5 Å². The highest BCUT2D eigenvalue weighted by atomic mass is 19.4. The minimum Gasteiger partial charge on any atom is -0.479 e. The second-order valence-corrected chi connectivity index (χ2v) is 8.00. The Bertz CT molecular complexity index is 1260. The number of carbonyl (C=O) groups excluding carboxylic acids is 2. The third-order valence-corrected chi connectivity index (χ3v) is 5.81. The number of amides is 2. The molecule has 0 aliphatic heterocycles. The van der Waals surface area contributed by atoms with E-state index in [0.717, 1.165) is 34.6 Å². The van der Waals surface area contributed by atoms with Crippen LogP contribution in [-0.2, 0) is 9.53 Å². The van der Waals surface area contributed by atoms with Gasteiger partial charge in [-0.05, 0) is 29.2 Å². The standard InChI is InChI=1S/C24H19F3N2O6/c1-23(21(31)32,24(25,26)27)29-20(30)19-18(10-11-34-19)28-22(33)35-12-17-15-8-4-2-6-13(15)14-7-3-5-9-16(14)17/h2-11,17H,12H2,1H3,(H,28,33)(H,29,30)(H,31,32). The molecule has 0 saturated heterocycles. The molecule has 11 heteroatoms. The van der Waals surface area contributed by atoms with Gasteiger partial charge in [0.1, 0.15) is 6.61 Å². The zero-order valence-corrected chi connectivity index (χ0v) is 18.2. The van der Waals surface area contributed by atoms with Crippen molar-refractivity contribution in [3.8, 4) is 11.1 Å². The van der Waals surface area contributed by atoms with E-state index in [1.165, 1.54) is 5.32 Å². The monoisotopic (exact) mass is 488 g/mol. The molecule has 3 aromatic rings. The first-order chi connectivity index (χ1) is 16.5. The second kappa shape index (κ2) is 8.82. The van der Waals surface area contributed by atoms with Crippen LogP contribution in [0.1, 0.15) is 34.5 Å². The Hall–Kier alpha value is -4.28. The number of fused-ring (bicyclic) bond motifs is 3. The molecule has 1 unspecified atom stereocenters. The van der Waals surface area contributed by atoms with E-state index in [0.29, 0.717) is 6.92 Å². The largest absolute Gasteiger partial charge is 0.479 e. The van der Waals surface area contributed by atoms with Crippen LogP contribution in [0.3, 0.4) is 0 Å². The van der Waals surface area contributed by atoms with Crippen molar-refractivity contribution in [2.24, 2.45) is 0 Å². The Labute approximate surface area is 196 Å². The number of hydrogen-bond acceptors (Lipinski definition) is 5. The second-order valence-electron chi connectivity index (χ2n) is 8.00. The summed E-state index contributed by atoms with van der Waals surface area (Å²) in [5.74, 6) is -4.74. The molecule has 4 rings (SSSR count). The number of aliphatic carboxylic acids is 1. The molecule has 1 aliphatic rings. The molecule has 0 bridgehead atoms. The molecule has 1 heterocycles. The Balaban J connectivity index is 1.45. The maximum absolute atomic E-state index is 13.2. The summed E-state index contributed by atoms with van der Waals surface area (Å²) < 4.78 is 49.9. The van der Waals surface area contributed by atoms with Gasteiger partial charge in [0.2, 0.25) is 11.3 Å². The fourth-order valence-corrected chi connectivity index (χ4v) is 3.86. The highest BCUT2D eigenvalue weighted by molar-refractivity contribution is 6.02. The summed E-state index contributed by atoms with van der Waals surface area (Å²) in [6.07, 6.45) is -5.31. The molecule has 0 spiro atoms. The third kappa shape index (κ3) is 4.32. The van der Waals surface area contributed by atoms with Crippen LogP contribution in [0, 0.1) is 0 Å². The van der Waals surface area contributed by atoms with Crippen molar-refractivity contribution < 1.29 is 41.8 Å². The Morgan fingerprint density at radius 2 is 1.57 bits per heavy atom. The van der Waals surface area contributed by atoms with Crippen molar-refractivity contribution in [1.29, 1.82) is 0 Å². The fraction of sp³-hybridized carbons (Fsp3) is 0.208. The molecule has 0 fully saturated rings. The zero-order chi connectivity index (χ0) is 25.4. The Kier molecular flexibility index (Phi) is 6.01. The van der Waals surface area contributed by atoms with E-state index in [2.05, 4.69) is 5.32 Å². The first-order valence-electron chi connectivity index (χ1n) is 10.3. The highest BCUT2D eigenvalue weighted by Crippen LogP contribution is 2.44. The molecular formula is C24H19F3N2O6. The molecule has 2 aromatic carbocycles. The minimum atomic E-state index is -5.29. The van der Waals surface area contributed by atoms with Gasteiger partial charge in [-0.2, -0.15) is 13.2 Å². The molecule has 182 valence electrons. The zero-order valence-electron chi connectivity index (χ0n) is 18.2. The lowest BCUT2D eigenvalue weighted by Crippen LogP contribution is -2.61. The van der Waals surface area contributed by atoms with Crippen molar-refractivity contribution in [2.75, 3.05) is 11.9 Å². The molecule has 0 saturated carbocycles. The number of carboxylic acid groups (broad SMARTS) is 1. The molecule has 8 nitrogen and oxygen atoms in total. The van der Waals surface area contributed by atoms with Crippen molar-refractivity contribution in [3.63, 3.8) is 0 Å². The van der Waals surface area contributed by atoms with Crippen LogP contribution in [0.5, 0.6) is 0 Å². The number of ether oxygens (including phenoxy) is 1. The maximum Gasteiger partial charge on any atom is 0.422 e. The lowest BCUT2D eigenvalue weighted by atomic mass is 9.98. The van der Waals surface area contributed by atoms with E-state index in [9.17, 15) is 27.6 Å². The normalized spacial score (nSPS) is 14.4. The smallest absolute Gasteiger partial charge is 0.422 e. The molecule has 0 radical (unpaired) electrons. The van der Waals surface area contributed by atoms with E-state index in [-0.39, 0.29) is 18.2 Å². The SMILES string of the molecule is CC(NC(=O)c1occc1NC(=O)OCC1c2ccccc2-c2ccccc21)(C(=O)O)C(F)(F)F. The Morgan fingerprint density at radius 3 is 2.11 bits per heavy atom. The van der Waals surface area contributed by atoms with Gasteiger partial charge in [-0.15, -0.1) is 0 Å². The predicted molar refractivity (Wildman–Crippen MR) is 117 cm³/mol. The number of carbonyl (C=O) groups is 3. The number of furan rings is 1. The number of hydrogen-bond donors (Lipinski definition) is 3. The number of benzene rings is 2. The van der Waals surface area contributed by atoms with Crippen molar-refractivity contribution in [2.45, 2.75) is 24.6 Å². The van der Waals surface area contributed by atoms with E-state index in [1.54, 1.807) is 0 Å². The van der Waals surface area contributed by atoms with E-state index >= 15 is 0 Å². The fourth-order valence-electron chi connectivity index (χ4n) is 3.86. The summed E-state index contributed by atoms with van der Waals surface area (Å²) in [4.78, 5) is 36.0. The van der Waals surface area contributed by atoms with Crippen LogP contribution < -0.4 is 10.6 Å². The summed E-state index contributed by atoms with van der Waals surface area (Å²) in [7, 11) is 0. The van der Waals surface area contributed by atoms with Crippen LogP contribution in [0.4, 0.5) is 23.7 Å². The van der Waals surface area contributed by atoms with Crippen LogP contribution in [0.15, 0.2) is 65.3 Å². The average Bonchev–Trinajstić information content (AvgIpc) is 3.39. The lowest BCUT2D eigenvalue weighted by molar-refractivity contribution is -0.203. The van der Waals surface area contributed by atoms with Crippen molar-refractivity contribution in [1.82, 2.24) is 5.32 Å². The number of nitrogens with one attached hydrogen (secondary N) is 2. The molecule has 35 heavy (non-hydrogen) atoms. The molecule has 2 amide bonds. The van der Waals surface area contributed by atoms with Gasteiger partial charge < -0.3 is 19.6 Å². The summed E-state index contributed by atoms with van der Waals surface area (Å²) in [6.45, 7) is 0.263. The molecule has 1 aliphatic carbocycles. The minimum absolute atomic E-state index is 0.0373. The highest BCUT2D eigenvalue weighted by Gasteiger charge is 2.58. The van der Waals surface area contributed by atoms with E-state index in [4.69, 9.17) is 14.3 Å². The summed E-state index contributed by atoms with van der Waals surface area (Å²) in [5, 5.41) is 12.6. The summed E-state index contributed by atoms with van der Waals surface area (Å²) in [6, 6.07) is 16.5. The van der Waals surface area contributed by atoms with Gasteiger partial charge in [0.25, 0.3) is 5.91 Å². The lowest BCUT2D eigenvalue weighted by Gasteiger charge is -2.28. The quantitative estimate of drug-likeness (QED) is 0.460. The maximum atomic E-state index is 13.2. The number of anilines is 1. The molecule has 3 N–H and O–H groups in total. The van der Waals surface area contributed by atoms with Gasteiger partial charge in [-0.25, -0.2) is 9.59 Å². The van der Waals surface area contributed by atoms with Crippen LogP contribution >= 0.6 is 0 Å². The Morgan fingerprint density at radius 1 is 1.00 bits per heavy atom. The van der Waals surface area contributed by atoms with Crippen molar-refractivity contribution >= 4 is 23.7 Å². The molecule has 1 aromatic heterocycles. The average molecular weight is 488 g/mol. The third-order valence-electron chi connectivity index (χ3n) is 5.81. The summed E-state index contributed by atoms with van der Waals surface area (Å²) >= 11 is 0. The van der Waals surface area contributed by atoms with Gasteiger partial charge in [0, 0.05) is 12.0 Å². The van der Waals surface area contributed by atoms with Gasteiger partial charge in [0.05, 0.1) is 12.0 Å². The van der Waals surface area contributed by atoms with E-state index < -0.39 is 35.4 Å². The topological polar surface area (TPSA) is 118 Å². The number of halogens is 3. The van der Waals surface area contributed by atoms with Gasteiger partial charge in [0.15, 0.2) is 0 Å². The van der Waals surface area contributed by atoms with Gasteiger partial charge in [-0.3, -0.25) is 10.1 Å².